The van der Waals surface area contributed by atoms with Crippen LogP contribution in [0.25, 0.3) is 11.0 Å². The molecule has 30 heavy (non-hydrogen) atoms. The molecular weight excluding hydrogens is 394 g/mol. The molecule has 0 bridgehead atoms. The van der Waals surface area contributed by atoms with Crippen LogP contribution in [-0.4, -0.2) is 22.0 Å². The fourth-order valence-electron chi connectivity index (χ4n) is 4.34. The van der Waals surface area contributed by atoms with Crippen LogP contribution in [0.1, 0.15) is 29.3 Å². The van der Waals surface area contributed by atoms with Gasteiger partial charge >= 0.3 is 0 Å². The lowest BCUT2D eigenvalue weighted by atomic mass is 10.1. The van der Waals surface area contributed by atoms with E-state index in [-0.39, 0.29) is 11.8 Å². The van der Waals surface area contributed by atoms with Crippen molar-refractivity contribution in [1.82, 2.24) is 9.55 Å². The predicted octanol–water partition coefficient (Wildman–Crippen LogP) is 5.57. The summed E-state index contributed by atoms with van der Waals surface area (Å²) in [5.74, 6) is 1.12. The first-order valence-corrected chi connectivity index (χ1v) is 10.5. The molecule has 0 spiro atoms. The standard InChI is InChI=1S/C25H22ClN3O/c1-17-20(26)10-7-13-22(17)28-16-19(14-24(28)30)25-27-21-11-5-6-12-23(21)29(25)15-18-8-3-2-4-9-18/h2-13,19H,14-16H2,1H3. The molecule has 3 aromatic carbocycles. The number of imidazole rings is 1. The van der Waals surface area contributed by atoms with E-state index in [0.717, 1.165) is 34.7 Å². The van der Waals surface area contributed by atoms with Gasteiger partial charge in [0.2, 0.25) is 5.91 Å². The molecular formula is C25H22ClN3O. The molecule has 5 heteroatoms. The van der Waals surface area contributed by atoms with E-state index in [4.69, 9.17) is 16.6 Å². The zero-order chi connectivity index (χ0) is 20.7. The first kappa shape index (κ1) is 18.9. The monoisotopic (exact) mass is 415 g/mol. The molecule has 150 valence electrons. The van der Waals surface area contributed by atoms with E-state index < -0.39 is 0 Å². The molecule has 4 aromatic rings. The number of amides is 1. The molecule has 1 aliphatic heterocycles. The largest absolute Gasteiger partial charge is 0.323 e. The highest BCUT2D eigenvalue weighted by Gasteiger charge is 2.35. The molecule has 1 atom stereocenters. The Hall–Kier alpha value is -3.11. The molecule has 1 amide bonds. The number of fused-ring (bicyclic) bond motifs is 1. The number of hydrogen-bond acceptors (Lipinski definition) is 2. The Kier molecular flexibility index (Phi) is 4.80. The number of benzene rings is 3. The lowest BCUT2D eigenvalue weighted by molar-refractivity contribution is -0.117. The van der Waals surface area contributed by atoms with E-state index >= 15 is 0 Å². The highest BCUT2D eigenvalue weighted by Crippen LogP contribution is 2.36. The van der Waals surface area contributed by atoms with Crippen LogP contribution >= 0.6 is 11.6 Å². The maximum absolute atomic E-state index is 13.0. The van der Waals surface area contributed by atoms with Crippen LogP contribution in [0, 0.1) is 6.92 Å². The summed E-state index contributed by atoms with van der Waals surface area (Å²) in [5, 5.41) is 0.681. The SMILES string of the molecule is Cc1c(Cl)cccc1N1CC(c2nc3ccccc3n2Cc2ccccc2)CC1=O. The Morgan fingerprint density at radius 3 is 2.60 bits per heavy atom. The molecule has 0 saturated carbocycles. The van der Waals surface area contributed by atoms with E-state index in [1.165, 1.54) is 5.56 Å². The van der Waals surface area contributed by atoms with Gasteiger partial charge in [-0.25, -0.2) is 4.98 Å². The highest BCUT2D eigenvalue weighted by atomic mass is 35.5. The summed E-state index contributed by atoms with van der Waals surface area (Å²) in [5.41, 5.74) is 5.11. The first-order valence-electron chi connectivity index (χ1n) is 10.2. The van der Waals surface area contributed by atoms with Crippen molar-refractivity contribution in [3.8, 4) is 0 Å². The van der Waals surface area contributed by atoms with Crippen LogP contribution in [0.2, 0.25) is 5.02 Å². The quantitative estimate of drug-likeness (QED) is 0.437. The molecule has 1 aliphatic rings. The fourth-order valence-corrected chi connectivity index (χ4v) is 4.51. The number of hydrogen-bond donors (Lipinski definition) is 0. The molecule has 4 nitrogen and oxygen atoms in total. The Balaban J connectivity index is 1.54. The van der Waals surface area contributed by atoms with Gasteiger partial charge in [0.05, 0.1) is 11.0 Å². The number of nitrogens with zero attached hydrogens (tertiary/aromatic N) is 3. The lowest BCUT2D eigenvalue weighted by Gasteiger charge is -2.20. The van der Waals surface area contributed by atoms with Gasteiger partial charge in [0, 0.05) is 36.1 Å². The Labute approximate surface area is 180 Å². The van der Waals surface area contributed by atoms with Crippen molar-refractivity contribution in [2.45, 2.75) is 25.8 Å². The summed E-state index contributed by atoms with van der Waals surface area (Å²) in [6.07, 6.45) is 0.448. The highest BCUT2D eigenvalue weighted by molar-refractivity contribution is 6.31. The van der Waals surface area contributed by atoms with Crippen LogP contribution in [-0.2, 0) is 11.3 Å². The van der Waals surface area contributed by atoms with Gasteiger partial charge in [-0.15, -0.1) is 0 Å². The molecule has 1 saturated heterocycles. The van der Waals surface area contributed by atoms with Crippen molar-refractivity contribution in [2.75, 3.05) is 11.4 Å². The second kappa shape index (κ2) is 7.62. The van der Waals surface area contributed by atoms with Gasteiger partial charge < -0.3 is 9.47 Å². The van der Waals surface area contributed by atoms with E-state index in [1.807, 2.05) is 54.3 Å². The van der Waals surface area contributed by atoms with Crippen molar-refractivity contribution in [1.29, 1.82) is 0 Å². The second-order valence-electron chi connectivity index (χ2n) is 7.82. The van der Waals surface area contributed by atoms with Crippen molar-refractivity contribution in [3.05, 3.63) is 94.8 Å². The lowest BCUT2D eigenvalue weighted by Crippen LogP contribution is -2.25. The van der Waals surface area contributed by atoms with Gasteiger partial charge in [-0.2, -0.15) is 0 Å². The summed E-state index contributed by atoms with van der Waals surface area (Å²) in [7, 11) is 0. The smallest absolute Gasteiger partial charge is 0.227 e. The average Bonchev–Trinajstić information content (AvgIpc) is 3.32. The molecule has 1 fully saturated rings. The van der Waals surface area contributed by atoms with Crippen molar-refractivity contribution < 1.29 is 4.79 Å². The third-order valence-corrected chi connectivity index (χ3v) is 6.30. The Bertz CT molecular complexity index is 1230. The van der Waals surface area contributed by atoms with Crippen LogP contribution in [0.15, 0.2) is 72.8 Å². The Morgan fingerprint density at radius 1 is 1.00 bits per heavy atom. The molecule has 1 aromatic heterocycles. The van der Waals surface area contributed by atoms with Crippen molar-refractivity contribution >= 4 is 34.2 Å². The fraction of sp³-hybridized carbons (Fsp3) is 0.200. The van der Waals surface area contributed by atoms with Crippen LogP contribution in [0.5, 0.6) is 0 Å². The number of halogens is 1. The van der Waals surface area contributed by atoms with Gasteiger partial charge in [0.25, 0.3) is 0 Å². The predicted molar refractivity (Wildman–Crippen MR) is 121 cm³/mol. The van der Waals surface area contributed by atoms with E-state index in [0.29, 0.717) is 18.0 Å². The van der Waals surface area contributed by atoms with E-state index in [1.54, 1.807) is 0 Å². The summed E-state index contributed by atoms with van der Waals surface area (Å²) < 4.78 is 2.26. The normalized spacial score (nSPS) is 16.5. The summed E-state index contributed by atoms with van der Waals surface area (Å²) >= 11 is 6.31. The Morgan fingerprint density at radius 2 is 1.77 bits per heavy atom. The third-order valence-electron chi connectivity index (χ3n) is 5.89. The second-order valence-corrected chi connectivity index (χ2v) is 8.23. The minimum absolute atomic E-state index is 0.0343. The topological polar surface area (TPSA) is 38.1 Å². The zero-order valence-electron chi connectivity index (χ0n) is 16.8. The maximum Gasteiger partial charge on any atom is 0.227 e. The molecule has 2 heterocycles. The summed E-state index contributed by atoms with van der Waals surface area (Å²) in [4.78, 5) is 19.8. The maximum atomic E-state index is 13.0. The van der Waals surface area contributed by atoms with Gasteiger partial charge in [-0.3, -0.25) is 4.79 Å². The number of anilines is 1. The van der Waals surface area contributed by atoms with Gasteiger partial charge in [-0.05, 0) is 42.3 Å². The van der Waals surface area contributed by atoms with Gasteiger partial charge in [0.15, 0.2) is 0 Å². The minimum atomic E-state index is 0.0343. The first-order chi connectivity index (χ1) is 14.6. The number of carbonyl (C=O) groups excluding carboxylic acids is 1. The molecule has 1 unspecified atom stereocenters. The zero-order valence-corrected chi connectivity index (χ0v) is 17.5. The molecule has 0 aliphatic carbocycles. The third kappa shape index (κ3) is 3.27. The van der Waals surface area contributed by atoms with E-state index in [2.05, 4.69) is 34.9 Å². The van der Waals surface area contributed by atoms with Crippen LogP contribution in [0.4, 0.5) is 5.69 Å². The number of carbonyl (C=O) groups is 1. The summed E-state index contributed by atoms with van der Waals surface area (Å²) in [6.45, 7) is 3.30. The molecule has 5 rings (SSSR count). The molecule has 0 N–H and O–H groups in total. The minimum Gasteiger partial charge on any atom is -0.323 e. The van der Waals surface area contributed by atoms with Crippen LogP contribution in [0.3, 0.4) is 0 Å². The van der Waals surface area contributed by atoms with Crippen molar-refractivity contribution in [3.63, 3.8) is 0 Å². The van der Waals surface area contributed by atoms with Crippen LogP contribution < -0.4 is 4.90 Å². The molecule has 0 radical (unpaired) electrons. The van der Waals surface area contributed by atoms with Gasteiger partial charge in [-0.1, -0.05) is 60.1 Å². The van der Waals surface area contributed by atoms with E-state index in [9.17, 15) is 4.79 Å². The average molecular weight is 416 g/mol. The number of para-hydroxylation sites is 2. The van der Waals surface area contributed by atoms with Crippen molar-refractivity contribution in [2.24, 2.45) is 0 Å². The number of aromatic nitrogens is 2. The summed E-state index contributed by atoms with van der Waals surface area (Å²) in [6, 6.07) is 24.3. The van der Waals surface area contributed by atoms with Gasteiger partial charge in [0.1, 0.15) is 5.82 Å². The number of rotatable bonds is 4.